The molecule has 0 unspecified atom stereocenters. The van der Waals surface area contributed by atoms with E-state index >= 15 is 8.78 Å². The smallest absolute Gasteiger partial charge is 0.319 e. The Kier molecular flexibility index (Phi) is 6.84. The molecule has 2 aromatic heterocycles. The van der Waals surface area contributed by atoms with E-state index in [1.165, 1.54) is 12.1 Å². The van der Waals surface area contributed by atoms with Crippen LogP contribution in [0.4, 0.5) is 23.4 Å². The molecular formula is C34H32F4N6O. The van der Waals surface area contributed by atoms with Crippen LogP contribution in [-0.4, -0.2) is 76.4 Å². The lowest BCUT2D eigenvalue weighted by atomic mass is 9.95. The number of rotatable bonds is 5. The van der Waals surface area contributed by atoms with Gasteiger partial charge in [0.1, 0.15) is 35.5 Å². The molecule has 232 valence electrons. The van der Waals surface area contributed by atoms with Crippen molar-refractivity contribution in [3.8, 4) is 29.1 Å². The number of pyridine rings is 1. The summed E-state index contributed by atoms with van der Waals surface area (Å²) in [5.74, 6) is 3.41. The molecule has 1 N–H and O–H groups in total. The maximum absolute atomic E-state index is 16.9. The van der Waals surface area contributed by atoms with E-state index in [4.69, 9.17) is 9.72 Å². The fourth-order valence-corrected chi connectivity index (χ4v) is 7.94. The van der Waals surface area contributed by atoms with Crippen molar-refractivity contribution in [2.75, 3.05) is 37.7 Å². The fraction of sp³-hybridized carbons (Fsp3) is 0.441. The largest absolute Gasteiger partial charge is 0.461 e. The molecule has 6 heterocycles. The summed E-state index contributed by atoms with van der Waals surface area (Å²) >= 11 is 0. The van der Waals surface area contributed by atoms with Crippen molar-refractivity contribution in [1.29, 1.82) is 0 Å². The Morgan fingerprint density at radius 1 is 1.00 bits per heavy atom. The van der Waals surface area contributed by atoms with Crippen molar-refractivity contribution in [3.63, 3.8) is 0 Å². The highest BCUT2D eigenvalue weighted by atomic mass is 19.2. The molecule has 11 heteroatoms. The Labute approximate surface area is 258 Å². The summed E-state index contributed by atoms with van der Waals surface area (Å²) in [7, 11) is 0. The van der Waals surface area contributed by atoms with Gasteiger partial charge in [-0.3, -0.25) is 4.90 Å². The van der Waals surface area contributed by atoms with Crippen LogP contribution in [0.1, 0.15) is 44.7 Å². The summed E-state index contributed by atoms with van der Waals surface area (Å²) in [6, 6.07) is 7.79. The number of nitrogens with one attached hydrogen (secondary N) is 1. The molecule has 0 radical (unpaired) electrons. The summed E-state index contributed by atoms with van der Waals surface area (Å²) in [6.07, 6.45) is 3.25. The average Bonchev–Trinajstić information content (AvgIpc) is 3.69. The van der Waals surface area contributed by atoms with E-state index in [0.717, 1.165) is 38.3 Å². The first kappa shape index (κ1) is 28.5. The van der Waals surface area contributed by atoms with Crippen LogP contribution in [-0.2, 0) is 0 Å². The third kappa shape index (κ3) is 4.69. The number of benzene rings is 2. The van der Waals surface area contributed by atoms with E-state index in [1.807, 2.05) is 0 Å². The van der Waals surface area contributed by atoms with Crippen LogP contribution < -0.4 is 15.0 Å². The highest BCUT2D eigenvalue weighted by Crippen LogP contribution is 2.42. The molecule has 4 atom stereocenters. The third-order valence-corrected chi connectivity index (χ3v) is 9.93. The second-order valence-corrected chi connectivity index (χ2v) is 12.7. The van der Waals surface area contributed by atoms with Crippen LogP contribution in [0.25, 0.3) is 32.9 Å². The van der Waals surface area contributed by atoms with E-state index in [2.05, 4.69) is 36.9 Å². The van der Waals surface area contributed by atoms with Crippen LogP contribution in [0.3, 0.4) is 0 Å². The lowest BCUT2D eigenvalue weighted by Crippen LogP contribution is -2.51. The predicted octanol–water partition coefficient (Wildman–Crippen LogP) is 5.53. The van der Waals surface area contributed by atoms with Crippen molar-refractivity contribution < 1.29 is 22.3 Å². The Balaban J connectivity index is 1.32. The van der Waals surface area contributed by atoms with Crippen LogP contribution in [0, 0.1) is 29.3 Å². The SMILES string of the molecule is CC#Cc1nc(-c2cccc3ccc(F)c(F)c23)c(F)c2nc(OC[C@@]34CCCN3C[C@H](F)C4)nc(N3C[C@H]4CC[C@@H](C3)N4)c12. The number of aromatic nitrogens is 3. The zero-order valence-electron chi connectivity index (χ0n) is 24.8. The zero-order chi connectivity index (χ0) is 30.9. The predicted molar refractivity (Wildman–Crippen MR) is 163 cm³/mol. The lowest BCUT2D eigenvalue weighted by Gasteiger charge is -2.35. The van der Waals surface area contributed by atoms with Gasteiger partial charge in [-0.15, -0.1) is 0 Å². The van der Waals surface area contributed by atoms with Crippen molar-refractivity contribution >= 4 is 27.5 Å². The Morgan fingerprint density at radius 3 is 2.62 bits per heavy atom. The first-order chi connectivity index (χ1) is 21.8. The zero-order valence-corrected chi connectivity index (χ0v) is 24.8. The number of piperazine rings is 1. The summed E-state index contributed by atoms with van der Waals surface area (Å²) in [4.78, 5) is 18.3. The number of ether oxygens (including phenoxy) is 1. The number of alkyl halides is 1. The molecule has 4 aliphatic rings. The maximum atomic E-state index is 16.9. The minimum Gasteiger partial charge on any atom is -0.461 e. The normalized spacial score (nSPS) is 26.0. The van der Waals surface area contributed by atoms with Gasteiger partial charge >= 0.3 is 6.01 Å². The van der Waals surface area contributed by atoms with Crippen molar-refractivity contribution in [1.82, 2.24) is 25.2 Å². The molecule has 0 aliphatic carbocycles. The molecule has 4 fully saturated rings. The molecule has 7 nitrogen and oxygen atoms in total. The van der Waals surface area contributed by atoms with Gasteiger partial charge in [-0.25, -0.2) is 22.5 Å². The maximum Gasteiger partial charge on any atom is 0.319 e. The van der Waals surface area contributed by atoms with E-state index in [9.17, 15) is 8.78 Å². The van der Waals surface area contributed by atoms with Gasteiger partial charge in [0.05, 0.1) is 10.9 Å². The third-order valence-electron chi connectivity index (χ3n) is 9.93. The second kappa shape index (κ2) is 10.8. The van der Waals surface area contributed by atoms with E-state index in [-0.39, 0.29) is 52.6 Å². The number of anilines is 1. The Bertz CT molecular complexity index is 1900. The van der Waals surface area contributed by atoms with Crippen LogP contribution in [0.15, 0.2) is 30.3 Å². The van der Waals surface area contributed by atoms with E-state index in [1.54, 1.807) is 19.1 Å². The number of fused-ring (bicyclic) bond motifs is 5. The molecule has 4 aromatic rings. The average molecular weight is 617 g/mol. The monoisotopic (exact) mass is 616 g/mol. The van der Waals surface area contributed by atoms with Gasteiger partial charge < -0.3 is 15.0 Å². The van der Waals surface area contributed by atoms with Crippen LogP contribution in [0.2, 0.25) is 0 Å². The standard InChI is InChI=1S/C34H32F4N6O/c1-2-5-25-27-31(29(38)30(40-25)23-7-3-6-19-8-11-24(36)28(37)26(19)23)41-33(42-32(27)43-16-21-9-10-22(17-43)39-21)45-18-34-12-4-13-44(34)15-20(35)14-34/h3,6-8,11,20-22,39H,4,9-10,12-18H2,1H3/t20-,21-,22+,34+/m1/s1. The van der Waals surface area contributed by atoms with E-state index in [0.29, 0.717) is 42.6 Å². The summed E-state index contributed by atoms with van der Waals surface area (Å²) < 4.78 is 67.3. The molecule has 0 spiro atoms. The molecule has 4 aliphatic heterocycles. The molecule has 45 heavy (non-hydrogen) atoms. The Hall–Kier alpha value is -4.01. The lowest BCUT2D eigenvalue weighted by molar-refractivity contribution is 0.107. The summed E-state index contributed by atoms with van der Waals surface area (Å²) in [5, 5.41) is 4.28. The van der Waals surface area contributed by atoms with Crippen molar-refractivity contribution in [2.24, 2.45) is 0 Å². The first-order valence-electron chi connectivity index (χ1n) is 15.6. The first-order valence-corrected chi connectivity index (χ1v) is 15.6. The number of hydrogen-bond donors (Lipinski definition) is 1. The Morgan fingerprint density at radius 2 is 1.82 bits per heavy atom. The van der Waals surface area contributed by atoms with Crippen LogP contribution >= 0.6 is 0 Å². The van der Waals surface area contributed by atoms with E-state index < -0.39 is 29.2 Å². The molecule has 8 rings (SSSR count). The van der Waals surface area contributed by atoms with Crippen LogP contribution in [0.5, 0.6) is 6.01 Å². The van der Waals surface area contributed by atoms with Gasteiger partial charge in [0.15, 0.2) is 17.5 Å². The number of nitrogens with zero attached hydrogens (tertiary/aromatic N) is 5. The molecule has 0 saturated carbocycles. The van der Waals surface area contributed by atoms with Gasteiger partial charge in [0, 0.05) is 49.1 Å². The van der Waals surface area contributed by atoms with Gasteiger partial charge in [-0.05, 0) is 56.5 Å². The summed E-state index contributed by atoms with van der Waals surface area (Å²) in [6.45, 7) is 4.32. The molecule has 2 bridgehead atoms. The highest BCUT2D eigenvalue weighted by Gasteiger charge is 2.49. The number of halogens is 4. The van der Waals surface area contributed by atoms with Gasteiger partial charge in [0.2, 0.25) is 0 Å². The quantitative estimate of drug-likeness (QED) is 0.234. The second-order valence-electron chi connectivity index (χ2n) is 12.7. The molecule has 4 saturated heterocycles. The van der Waals surface area contributed by atoms with Gasteiger partial charge in [0.25, 0.3) is 0 Å². The fourth-order valence-electron chi connectivity index (χ4n) is 7.94. The van der Waals surface area contributed by atoms with Gasteiger partial charge in [-0.2, -0.15) is 9.97 Å². The van der Waals surface area contributed by atoms with Crippen molar-refractivity contribution in [3.05, 3.63) is 53.5 Å². The minimum absolute atomic E-state index is 0.0199. The topological polar surface area (TPSA) is 66.4 Å². The number of hydrogen-bond acceptors (Lipinski definition) is 7. The van der Waals surface area contributed by atoms with Gasteiger partial charge in [-0.1, -0.05) is 30.2 Å². The molecular weight excluding hydrogens is 584 g/mol. The minimum atomic E-state index is -1.08. The van der Waals surface area contributed by atoms with Crippen molar-refractivity contribution in [2.45, 2.75) is 62.8 Å². The molecule has 2 aromatic carbocycles. The molecule has 0 amide bonds. The summed E-state index contributed by atoms with van der Waals surface area (Å²) in [5.41, 5.74) is -0.374. The highest BCUT2D eigenvalue weighted by molar-refractivity contribution is 6.01.